The standard InChI is InChI=1S/C18H28N2/c1-15-10-18(19-11-16-8-5-9-16)14-20(12-15)13-17-6-3-2-4-7-17/h2-4,6-7,15-16,18-19H,5,8-14H2,1H3. The van der Waals surface area contributed by atoms with Gasteiger partial charge in [0.25, 0.3) is 0 Å². The minimum absolute atomic E-state index is 0.697. The Hall–Kier alpha value is -0.860. The first kappa shape index (κ1) is 14.1. The Morgan fingerprint density at radius 2 is 1.95 bits per heavy atom. The summed E-state index contributed by atoms with van der Waals surface area (Å²) in [6.07, 6.45) is 5.69. The topological polar surface area (TPSA) is 15.3 Å². The predicted octanol–water partition coefficient (Wildman–Crippen LogP) is 3.29. The fourth-order valence-corrected chi connectivity index (χ4v) is 3.61. The summed E-state index contributed by atoms with van der Waals surface area (Å²) in [4.78, 5) is 2.63. The number of rotatable bonds is 5. The molecule has 1 saturated carbocycles. The maximum atomic E-state index is 3.83. The molecule has 0 bridgehead atoms. The molecular formula is C18H28N2. The highest BCUT2D eigenvalue weighted by Crippen LogP contribution is 2.26. The Bertz CT molecular complexity index is 399. The van der Waals surface area contributed by atoms with E-state index in [0.29, 0.717) is 6.04 Å². The minimum atomic E-state index is 0.697. The van der Waals surface area contributed by atoms with Crippen LogP contribution in [0.4, 0.5) is 0 Å². The van der Waals surface area contributed by atoms with Gasteiger partial charge in [0.1, 0.15) is 0 Å². The molecule has 20 heavy (non-hydrogen) atoms. The highest BCUT2D eigenvalue weighted by molar-refractivity contribution is 5.14. The first-order valence-corrected chi connectivity index (χ1v) is 8.29. The quantitative estimate of drug-likeness (QED) is 0.885. The van der Waals surface area contributed by atoms with Crippen molar-refractivity contribution in [1.29, 1.82) is 0 Å². The van der Waals surface area contributed by atoms with Gasteiger partial charge in [0.15, 0.2) is 0 Å². The van der Waals surface area contributed by atoms with Crippen molar-refractivity contribution in [2.24, 2.45) is 11.8 Å². The molecule has 0 aromatic heterocycles. The van der Waals surface area contributed by atoms with Crippen LogP contribution in [0.2, 0.25) is 0 Å². The Morgan fingerprint density at radius 1 is 1.15 bits per heavy atom. The normalized spacial score (nSPS) is 28.2. The van der Waals surface area contributed by atoms with E-state index in [-0.39, 0.29) is 0 Å². The monoisotopic (exact) mass is 272 g/mol. The Kier molecular flexibility index (Phi) is 4.74. The van der Waals surface area contributed by atoms with Crippen LogP contribution < -0.4 is 5.32 Å². The molecule has 1 aromatic carbocycles. The van der Waals surface area contributed by atoms with Crippen molar-refractivity contribution in [3.8, 4) is 0 Å². The van der Waals surface area contributed by atoms with Crippen LogP contribution in [0.3, 0.4) is 0 Å². The Balaban J connectivity index is 1.50. The molecule has 0 spiro atoms. The van der Waals surface area contributed by atoms with Crippen molar-refractivity contribution in [2.45, 2.75) is 45.2 Å². The molecule has 1 saturated heterocycles. The zero-order valence-corrected chi connectivity index (χ0v) is 12.7. The molecule has 1 heterocycles. The number of hydrogen-bond acceptors (Lipinski definition) is 2. The van der Waals surface area contributed by atoms with Gasteiger partial charge in [0, 0.05) is 25.7 Å². The zero-order chi connectivity index (χ0) is 13.8. The number of nitrogens with zero attached hydrogens (tertiary/aromatic N) is 1. The molecule has 2 unspecified atom stereocenters. The van der Waals surface area contributed by atoms with Gasteiger partial charge in [-0.05, 0) is 43.2 Å². The SMILES string of the molecule is CC1CC(NCC2CCC2)CN(Cc2ccccc2)C1. The molecule has 1 aromatic rings. The lowest BCUT2D eigenvalue weighted by Gasteiger charge is -2.38. The third kappa shape index (κ3) is 3.83. The molecule has 2 nitrogen and oxygen atoms in total. The van der Waals surface area contributed by atoms with Gasteiger partial charge < -0.3 is 5.32 Å². The maximum Gasteiger partial charge on any atom is 0.0234 e. The van der Waals surface area contributed by atoms with Crippen LogP contribution in [0.1, 0.15) is 38.2 Å². The van der Waals surface area contributed by atoms with E-state index in [4.69, 9.17) is 0 Å². The highest BCUT2D eigenvalue weighted by Gasteiger charge is 2.26. The first-order chi connectivity index (χ1) is 9.79. The van der Waals surface area contributed by atoms with E-state index in [1.54, 1.807) is 0 Å². The van der Waals surface area contributed by atoms with Crippen LogP contribution in [0.15, 0.2) is 30.3 Å². The number of nitrogens with one attached hydrogen (secondary N) is 1. The summed E-state index contributed by atoms with van der Waals surface area (Å²) in [7, 11) is 0. The van der Waals surface area contributed by atoms with Gasteiger partial charge in [-0.25, -0.2) is 0 Å². The smallest absolute Gasteiger partial charge is 0.0234 e. The molecule has 2 aliphatic rings. The van der Waals surface area contributed by atoms with Crippen LogP contribution in [0, 0.1) is 11.8 Å². The Labute approximate surface area is 123 Å². The summed E-state index contributed by atoms with van der Waals surface area (Å²) < 4.78 is 0. The van der Waals surface area contributed by atoms with E-state index in [2.05, 4.69) is 47.5 Å². The Morgan fingerprint density at radius 3 is 2.65 bits per heavy atom. The second kappa shape index (κ2) is 6.73. The van der Waals surface area contributed by atoms with Gasteiger partial charge in [0.05, 0.1) is 0 Å². The molecule has 1 N–H and O–H groups in total. The van der Waals surface area contributed by atoms with Crippen molar-refractivity contribution >= 4 is 0 Å². The van der Waals surface area contributed by atoms with Crippen LogP contribution in [0.5, 0.6) is 0 Å². The van der Waals surface area contributed by atoms with E-state index < -0.39 is 0 Å². The lowest BCUT2D eigenvalue weighted by Crippen LogP contribution is -2.49. The van der Waals surface area contributed by atoms with E-state index in [1.165, 1.54) is 50.9 Å². The number of hydrogen-bond donors (Lipinski definition) is 1. The number of benzene rings is 1. The van der Waals surface area contributed by atoms with Gasteiger partial charge in [0.2, 0.25) is 0 Å². The van der Waals surface area contributed by atoms with Crippen LogP contribution in [-0.2, 0) is 6.54 Å². The van der Waals surface area contributed by atoms with Crippen molar-refractivity contribution in [2.75, 3.05) is 19.6 Å². The molecule has 2 fully saturated rings. The summed E-state index contributed by atoms with van der Waals surface area (Å²) in [5.41, 5.74) is 1.44. The average molecular weight is 272 g/mol. The van der Waals surface area contributed by atoms with Gasteiger partial charge in [-0.3, -0.25) is 4.90 Å². The van der Waals surface area contributed by atoms with Gasteiger partial charge in [-0.15, -0.1) is 0 Å². The van der Waals surface area contributed by atoms with Gasteiger partial charge in [-0.1, -0.05) is 43.7 Å². The summed E-state index contributed by atoms with van der Waals surface area (Å²) >= 11 is 0. The maximum absolute atomic E-state index is 3.83. The molecule has 1 aliphatic heterocycles. The molecule has 3 rings (SSSR count). The molecule has 1 aliphatic carbocycles. The summed E-state index contributed by atoms with van der Waals surface area (Å²) in [5.74, 6) is 1.78. The largest absolute Gasteiger partial charge is 0.312 e. The van der Waals surface area contributed by atoms with Crippen LogP contribution in [-0.4, -0.2) is 30.6 Å². The molecule has 110 valence electrons. The van der Waals surface area contributed by atoms with E-state index >= 15 is 0 Å². The van der Waals surface area contributed by atoms with Crippen molar-refractivity contribution in [3.63, 3.8) is 0 Å². The third-order valence-corrected chi connectivity index (χ3v) is 4.90. The van der Waals surface area contributed by atoms with Crippen molar-refractivity contribution < 1.29 is 0 Å². The third-order valence-electron chi connectivity index (χ3n) is 4.90. The van der Waals surface area contributed by atoms with Crippen molar-refractivity contribution in [1.82, 2.24) is 10.2 Å². The van der Waals surface area contributed by atoms with Gasteiger partial charge in [-0.2, -0.15) is 0 Å². The van der Waals surface area contributed by atoms with Gasteiger partial charge >= 0.3 is 0 Å². The lowest BCUT2D eigenvalue weighted by molar-refractivity contribution is 0.136. The van der Waals surface area contributed by atoms with E-state index in [9.17, 15) is 0 Å². The molecule has 2 atom stereocenters. The second-order valence-corrected chi connectivity index (χ2v) is 6.92. The molecule has 0 radical (unpaired) electrons. The second-order valence-electron chi connectivity index (χ2n) is 6.92. The van der Waals surface area contributed by atoms with E-state index in [1.807, 2.05) is 0 Å². The first-order valence-electron chi connectivity index (χ1n) is 8.29. The minimum Gasteiger partial charge on any atom is -0.312 e. The van der Waals surface area contributed by atoms with Crippen LogP contribution in [0.25, 0.3) is 0 Å². The molecule has 2 heteroatoms. The summed E-state index contributed by atoms with van der Waals surface area (Å²) in [6, 6.07) is 11.6. The lowest BCUT2D eigenvalue weighted by atomic mass is 9.85. The fraction of sp³-hybridized carbons (Fsp3) is 0.667. The fourth-order valence-electron chi connectivity index (χ4n) is 3.61. The molecular weight excluding hydrogens is 244 g/mol. The highest BCUT2D eigenvalue weighted by atomic mass is 15.2. The zero-order valence-electron chi connectivity index (χ0n) is 12.7. The number of likely N-dealkylation sites (tertiary alicyclic amines) is 1. The molecule has 0 amide bonds. The summed E-state index contributed by atoms with van der Waals surface area (Å²) in [5, 5.41) is 3.83. The van der Waals surface area contributed by atoms with Crippen molar-refractivity contribution in [3.05, 3.63) is 35.9 Å². The predicted molar refractivity (Wildman–Crippen MR) is 84.6 cm³/mol. The van der Waals surface area contributed by atoms with Crippen LogP contribution >= 0.6 is 0 Å². The van der Waals surface area contributed by atoms with E-state index in [0.717, 1.165) is 18.4 Å². The number of piperidine rings is 1. The average Bonchev–Trinajstić information content (AvgIpc) is 2.37. The summed E-state index contributed by atoms with van der Waals surface area (Å²) in [6.45, 7) is 7.21.